The molecule has 1 N–H and O–H groups in total. The summed E-state index contributed by atoms with van der Waals surface area (Å²) in [5.41, 5.74) is 2.42. The first-order valence-corrected chi connectivity index (χ1v) is 7.68. The standard InChI is InChI=1S/C17H26N2O/c1-13-9-7-8-12-16(13)14(2)18-17(20)19(3)15-10-5-4-6-11-15/h7-9,12,14-15H,4-6,10-11H2,1-3H3,(H,18,20). The minimum atomic E-state index is 0.0488. The van der Waals surface area contributed by atoms with Crippen LogP contribution in [0.1, 0.15) is 56.2 Å². The second-order valence-electron chi connectivity index (χ2n) is 5.93. The van der Waals surface area contributed by atoms with E-state index in [4.69, 9.17) is 0 Å². The molecule has 1 aromatic carbocycles. The molecule has 1 atom stereocenters. The van der Waals surface area contributed by atoms with Crippen LogP contribution >= 0.6 is 0 Å². The molecule has 3 nitrogen and oxygen atoms in total. The summed E-state index contributed by atoms with van der Waals surface area (Å²) < 4.78 is 0. The van der Waals surface area contributed by atoms with Gasteiger partial charge in [-0.15, -0.1) is 0 Å². The van der Waals surface area contributed by atoms with Crippen LogP contribution in [0.4, 0.5) is 4.79 Å². The fourth-order valence-corrected chi connectivity index (χ4v) is 3.07. The van der Waals surface area contributed by atoms with E-state index in [1.165, 1.54) is 30.4 Å². The van der Waals surface area contributed by atoms with Gasteiger partial charge in [-0.05, 0) is 37.8 Å². The third kappa shape index (κ3) is 3.53. The van der Waals surface area contributed by atoms with Crippen molar-refractivity contribution >= 4 is 6.03 Å². The molecule has 0 bridgehead atoms. The van der Waals surface area contributed by atoms with Crippen LogP contribution in [0, 0.1) is 6.92 Å². The summed E-state index contributed by atoms with van der Waals surface area (Å²) in [4.78, 5) is 14.2. The Bertz CT molecular complexity index is 452. The van der Waals surface area contributed by atoms with Gasteiger partial charge in [0.05, 0.1) is 6.04 Å². The van der Waals surface area contributed by atoms with Gasteiger partial charge < -0.3 is 10.2 Å². The van der Waals surface area contributed by atoms with Crippen LogP contribution in [-0.2, 0) is 0 Å². The maximum Gasteiger partial charge on any atom is 0.317 e. The third-order valence-corrected chi connectivity index (χ3v) is 4.44. The highest BCUT2D eigenvalue weighted by Gasteiger charge is 2.23. The van der Waals surface area contributed by atoms with Gasteiger partial charge in [-0.2, -0.15) is 0 Å². The summed E-state index contributed by atoms with van der Waals surface area (Å²) in [5.74, 6) is 0. The minimum absolute atomic E-state index is 0.0488. The number of hydrogen-bond donors (Lipinski definition) is 1. The molecule has 0 spiro atoms. The van der Waals surface area contributed by atoms with E-state index in [2.05, 4.69) is 31.3 Å². The molecule has 1 unspecified atom stereocenters. The van der Waals surface area contributed by atoms with E-state index in [1.807, 2.05) is 24.1 Å². The molecule has 0 aromatic heterocycles. The number of benzene rings is 1. The summed E-state index contributed by atoms with van der Waals surface area (Å²) >= 11 is 0. The zero-order chi connectivity index (χ0) is 14.5. The number of aryl methyl sites for hydroxylation is 1. The van der Waals surface area contributed by atoms with Crippen molar-refractivity contribution in [2.24, 2.45) is 0 Å². The van der Waals surface area contributed by atoms with Crippen LogP contribution in [0.3, 0.4) is 0 Å². The molecule has 3 heteroatoms. The molecule has 20 heavy (non-hydrogen) atoms. The molecule has 0 aliphatic heterocycles. The van der Waals surface area contributed by atoms with Crippen molar-refractivity contribution in [2.75, 3.05) is 7.05 Å². The summed E-state index contributed by atoms with van der Waals surface area (Å²) in [6.07, 6.45) is 6.09. The molecule has 1 fully saturated rings. The Kier molecular flexibility index (Phi) is 5.05. The average molecular weight is 274 g/mol. The van der Waals surface area contributed by atoms with E-state index in [1.54, 1.807) is 0 Å². The number of nitrogens with zero attached hydrogens (tertiary/aromatic N) is 1. The number of nitrogens with one attached hydrogen (secondary N) is 1. The molecule has 2 amide bonds. The van der Waals surface area contributed by atoms with Crippen LogP contribution in [0.15, 0.2) is 24.3 Å². The average Bonchev–Trinajstić information content (AvgIpc) is 2.47. The largest absolute Gasteiger partial charge is 0.331 e. The molecule has 0 radical (unpaired) electrons. The molecular formula is C17H26N2O. The van der Waals surface area contributed by atoms with Crippen molar-refractivity contribution in [3.63, 3.8) is 0 Å². The van der Waals surface area contributed by atoms with E-state index in [-0.39, 0.29) is 12.1 Å². The van der Waals surface area contributed by atoms with Gasteiger partial charge in [-0.3, -0.25) is 0 Å². The minimum Gasteiger partial charge on any atom is -0.331 e. The number of carbonyl (C=O) groups excluding carboxylic acids is 1. The summed E-state index contributed by atoms with van der Waals surface area (Å²) in [6, 6.07) is 8.73. The normalized spacial score (nSPS) is 17.6. The maximum absolute atomic E-state index is 12.4. The van der Waals surface area contributed by atoms with Crippen LogP contribution in [0.25, 0.3) is 0 Å². The first-order chi connectivity index (χ1) is 9.59. The summed E-state index contributed by atoms with van der Waals surface area (Å²) in [7, 11) is 1.93. The van der Waals surface area contributed by atoms with E-state index in [0.717, 1.165) is 12.8 Å². The lowest BCUT2D eigenvalue weighted by Gasteiger charge is -2.32. The molecule has 2 rings (SSSR count). The second kappa shape index (κ2) is 6.78. The van der Waals surface area contributed by atoms with Crippen molar-refractivity contribution in [1.82, 2.24) is 10.2 Å². The molecule has 0 saturated heterocycles. The number of hydrogen-bond acceptors (Lipinski definition) is 1. The van der Waals surface area contributed by atoms with Crippen molar-refractivity contribution in [2.45, 2.75) is 58.0 Å². The Hall–Kier alpha value is -1.51. The van der Waals surface area contributed by atoms with Gasteiger partial charge in [-0.25, -0.2) is 4.79 Å². The highest BCUT2D eigenvalue weighted by atomic mass is 16.2. The fraction of sp³-hybridized carbons (Fsp3) is 0.588. The van der Waals surface area contributed by atoms with Gasteiger partial charge in [0.1, 0.15) is 0 Å². The molecule has 0 heterocycles. The molecule has 1 aliphatic rings. The van der Waals surface area contributed by atoms with E-state index in [0.29, 0.717) is 6.04 Å². The lowest BCUT2D eigenvalue weighted by atomic mass is 9.95. The Morgan fingerprint density at radius 1 is 1.25 bits per heavy atom. The first-order valence-electron chi connectivity index (χ1n) is 7.68. The zero-order valence-corrected chi connectivity index (χ0v) is 12.9. The second-order valence-corrected chi connectivity index (χ2v) is 5.93. The molecule has 1 saturated carbocycles. The fourth-order valence-electron chi connectivity index (χ4n) is 3.07. The lowest BCUT2D eigenvalue weighted by molar-refractivity contribution is 0.171. The van der Waals surface area contributed by atoms with Gasteiger partial charge in [-0.1, -0.05) is 43.5 Å². The maximum atomic E-state index is 12.4. The van der Waals surface area contributed by atoms with Gasteiger partial charge in [0.25, 0.3) is 0 Å². The first kappa shape index (κ1) is 14.9. The van der Waals surface area contributed by atoms with Crippen LogP contribution in [0.5, 0.6) is 0 Å². The predicted octanol–water partition coefficient (Wildman–Crippen LogP) is 4.03. The lowest BCUT2D eigenvalue weighted by Crippen LogP contribution is -2.45. The molecule has 1 aliphatic carbocycles. The highest BCUT2D eigenvalue weighted by Crippen LogP contribution is 2.22. The van der Waals surface area contributed by atoms with Crippen molar-refractivity contribution in [3.05, 3.63) is 35.4 Å². The van der Waals surface area contributed by atoms with Crippen LogP contribution < -0.4 is 5.32 Å². The number of carbonyl (C=O) groups is 1. The topological polar surface area (TPSA) is 32.3 Å². The Labute approximate surface area is 122 Å². The Morgan fingerprint density at radius 3 is 2.55 bits per heavy atom. The van der Waals surface area contributed by atoms with Crippen LogP contribution in [-0.4, -0.2) is 24.0 Å². The Morgan fingerprint density at radius 2 is 1.90 bits per heavy atom. The van der Waals surface area contributed by atoms with Crippen molar-refractivity contribution in [3.8, 4) is 0 Å². The highest BCUT2D eigenvalue weighted by molar-refractivity contribution is 5.74. The van der Waals surface area contributed by atoms with Crippen molar-refractivity contribution in [1.29, 1.82) is 0 Å². The number of amides is 2. The molecular weight excluding hydrogens is 248 g/mol. The predicted molar refractivity (Wildman–Crippen MR) is 82.8 cm³/mol. The SMILES string of the molecule is Cc1ccccc1C(C)NC(=O)N(C)C1CCCCC1. The van der Waals surface area contributed by atoms with E-state index in [9.17, 15) is 4.79 Å². The van der Waals surface area contributed by atoms with Gasteiger partial charge in [0, 0.05) is 13.1 Å². The summed E-state index contributed by atoms with van der Waals surface area (Å²) in [5, 5.41) is 3.12. The number of urea groups is 1. The smallest absolute Gasteiger partial charge is 0.317 e. The quantitative estimate of drug-likeness (QED) is 0.886. The van der Waals surface area contributed by atoms with E-state index >= 15 is 0 Å². The zero-order valence-electron chi connectivity index (χ0n) is 12.9. The van der Waals surface area contributed by atoms with Gasteiger partial charge in [0.15, 0.2) is 0 Å². The third-order valence-electron chi connectivity index (χ3n) is 4.44. The molecule has 1 aromatic rings. The van der Waals surface area contributed by atoms with E-state index < -0.39 is 0 Å². The van der Waals surface area contributed by atoms with Gasteiger partial charge in [0.2, 0.25) is 0 Å². The molecule has 110 valence electrons. The number of rotatable bonds is 3. The van der Waals surface area contributed by atoms with Crippen molar-refractivity contribution < 1.29 is 4.79 Å². The Balaban J connectivity index is 1.95. The summed E-state index contributed by atoms with van der Waals surface area (Å²) in [6.45, 7) is 4.14. The van der Waals surface area contributed by atoms with Crippen LogP contribution in [0.2, 0.25) is 0 Å². The van der Waals surface area contributed by atoms with Gasteiger partial charge >= 0.3 is 6.03 Å². The monoisotopic (exact) mass is 274 g/mol.